The molecule has 3 N–H and O–H groups in total. The Hall–Kier alpha value is -2.10. The van der Waals surface area contributed by atoms with Crippen LogP contribution in [0.4, 0.5) is 19.0 Å². The van der Waals surface area contributed by atoms with Crippen molar-refractivity contribution in [2.45, 2.75) is 12.9 Å². The number of hydrogen-bond donors (Lipinski definition) is 2. The molecule has 0 radical (unpaired) electrons. The number of aromatic hydroxyl groups is 1. The van der Waals surface area contributed by atoms with Crippen LogP contribution in [-0.4, -0.2) is 21.4 Å². The number of nitrogens with zero attached hydrogens (tertiary/aromatic N) is 2. The van der Waals surface area contributed by atoms with Crippen molar-refractivity contribution >= 4 is 5.82 Å². The van der Waals surface area contributed by atoms with Crippen LogP contribution in [-0.2, 0) is 6.54 Å². The lowest BCUT2D eigenvalue weighted by atomic mass is 10.3. The maximum absolute atomic E-state index is 11.9. The van der Waals surface area contributed by atoms with Gasteiger partial charge in [-0.25, -0.2) is 0 Å². The normalized spacial score (nSPS) is 11.3. The Labute approximate surface area is 91.8 Å². The third kappa shape index (κ3) is 3.17. The molecule has 0 aliphatic carbocycles. The van der Waals surface area contributed by atoms with Gasteiger partial charge in [0.05, 0.1) is 6.54 Å². The number of aromatic nitrogens is 1. The van der Waals surface area contributed by atoms with Gasteiger partial charge in [-0.3, -0.25) is 0 Å². The SMILES string of the molecule is NCc1cc(OC(F)(F)F)c(O)c([N+](=O)[O-])n1. The summed E-state index contributed by atoms with van der Waals surface area (Å²) >= 11 is 0. The lowest BCUT2D eigenvalue weighted by Gasteiger charge is -2.10. The van der Waals surface area contributed by atoms with Gasteiger partial charge in [0, 0.05) is 6.07 Å². The minimum absolute atomic E-state index is 0.214. The van der Waals surface area contributed by atoms with Crippen LogP contribution in [0.5, 0.6) is 11.5 Å². The van der Waals surface area contributed by atoms with Crippen LogP contribution in [0.2, 0.25) is 0 Å². The van der Waals surface area contributed by atoms with E-state index in [1.54, 1.807) is 0 Å². The van der Waals surface area contributed by atoms with Gasteiger partial charge in [-0.05, 0) is 9.91 Å². The maximum Gasteiger partial charge on any atom is 0.573 e. The number of hydrogen-bond acceptors (Lipinski definition) is 6. The molecule has 17 heavy (non-hydrogen) atoms. The van der Waals surface area contributed by atoms with Crippen molar-refractivity contribution in [2.75, 3.05) is 0 Å². The van der Waals surface area contributed by atoms with E-state index in [9.17, 15) is 28.4 Å². The number of nitrogens with two attached hydrogens (primary N) is 1. The highest BCUT2D eigenvalue weighted by atomic mass is 19.4. The van der Waals surface area contributed by atoms with Gasteiger partial charge in [0.25, 0.3) is 5.75 Å². The van der Waals surface area contributed by atoms with Crippen molar-refractivity contribution in [2.24, 2.45) is 5.73 Å². The van der Waals surface area contributed by atoms with E-state index in [-0.39, 0.29) is 12.2 Å². The zero-order valence-corrected chi connectivity index (χ0v) is 8.06. The van der Waals surface area contributed by atoms with Gasteiger partial charge in [0.15, 0.2) is 11.4 Å². The second kappa shape index (κ2) is 4.41. The van der Waals surface area contributed by atoms with Crippen LogP contribution in [0.25, 0.3) is 0 Å². The number of halogens is 3. The molecule has 10 heteroatoms. The Kier molecular flexibility index (Phi) is 3.36. The summed E-state index contributed by atoms with van der Waals surface area (Å²) < 4.78 is 39.2. The van der Waals surface area contributed by atoms with Gasteiger partial charge < -0.3 is 25.7 Å². The van der Waals surface area contributed by atoms with Crippen LogP contribution < -0.4 is 10.5 Å². The van der Waals surface area contributed by atoms with E-state index in [1.165, 1.54) is 0 Å². The first-order valence-electron chi connectivity index (χ1n) is 4.07. The second-order valence-electron chi connectivity index (χ2n) is 2.79. The van der Waals surface area contributed by atoms with Crippen molar-refractivity contribution in [1.82, 2.24) is 4.98 Å². The van der Waals surface area contributed by atoms with Gasteiger partial charge >= 0.3 is 12.2 Å². The lowest BCUT2D eigenvalue weighted by molar-refractivity contribution is -0.390. The van der Waals surface area contributed by atoms with Crippen LogP contribution >= 0.6 is 0 Å². The first kappa shape index (κ1) is 13.0. The van der Waals surface area contributed by atoms with Crippen molar-refractivity contribution in [3.05, 3.63) is 21.9 Å². The molecule has 0 aliphatic rings. The van der Waals surface area contributed by atoms with Crippen LogP contribution in [0.3, 0.4) is 0 Å². The molecule has 0 aliphatic heterocycles. The molecule has 0 atom stereocenters. The van der Waals surface area contributed by atoms with E-state index in [0.717, 1.165) is 0 Å². The third-order valence-corrected chi connectivity index (χ3v) is 1.60. The average Bonchev–Trinajstić information content (AvgIpc) is 2.18. The van der Waals surface area contributed by atoms with Gasteiger partial charge in [0.1, 0.15) is 0 Å². The molecule has 1 rings (SSSR count). The molecule has 0 spiro atoms. The van der Waals surface area contributed by atoms with E-state index in [1.807, 2.05) is 0 Å². The molecule has 7 nitrogen and oxygen atoms in total. The van der Waals surface area contributed by atoms with E-state index >= 15 is 0 Å². The van der Waals surface area contributed by atoms with E-state index in [2.05, 4.69) is 9.72 Å². The summed E-state index contributed by atoms with van der Waals surface area (Å²) in [6, 6.07) is 0.676. The summed E-state index contributed by atoms with van der Waals surface area (Å²) in [5, 5.41) is 19.6. The maximum atomic E-state index is 11.9. The Morgan fingerprint density at radius 3 is 2.59 bits per heavy atom. The standard InChI is InChI=1S/C7H6F3N3O4/c8-7(9,10)17-4-1-3(2-11)12-6(5(4)14)13(15)16/h1,14H,2,11H2. The molecule has 0 bridgehead atoms. The number of pyridine rings is 1. The number of rotatable bonds is 3. The van der Waals surface area contributed by atoms with E-state index in [4.69, 9.17) is 5.73 Å². The molecule has 1 aromatic heterocycles. The zero-order chi connectivity index (χ0) is 13.2. The Morgan fingerprint density at radius 2 is 2.18 bits per heavy atom. The fourth-order valence-corrected chi connectivity index (χ4v) is 0.985. The average molecular weight is 253 g/mol. The molecule has 1 heterocycles. The predicted molar refractivity (Wildman–Crippen MR) is 47.1 cm³/mol. The number of ether oxygens (including phenoxy) is 1. The smallest absolute Gasteiger partial charge is 0.498 e. The predicted octanol–water partition coefficient (Wildman–Crippen LogP) is 1.05. The molecule has 0 unspecified atom stereocenters. The summed E-state index contributed by atoms with van der Waals surface area (Å²) in [6.45, 7) is -0.338. The topological polar surface area (TPSA) is 112 Å². The molecule has 0 saturated carbocycles. The van der Waals surface area contributed by atoms with Crippen LogP contribution in [0.15, 0.2) is 6.07 Å². The molecule has 0 aromatic carbocycles. The first-order valence-corrected chi connectivity index (χ1v) is 4.07. The Bertz CT molecular complexity index is 449. The minimum Gasteiger partial charge on any atom is -0.498 e. The fourth-order valence-electron chi connectivity index (χ4n) is 0.985. The largest absolute Gasteiger partial charge is 0.573 e. The number of nitro groups is 1. The Morgan fingerprint density at radius 1 is 1.59 bits per heavy atom. The third-order valence-electron chi connectivity index (χ3n) is 1.60. The van der Waals surface area contributed by atoms with Gasteiger partial charge in [-0.1, -0.05) is 0 Å². The van der Waals surface area contributed by atoms with Crippen LogP contribution in [0, 0.1) is 10.1 Å². The first-order chi connectivity index (χ1) is 7.74. The van der Waals surface area contributed by atoms with E-state index < -0.39 is 28.6 Å². The molecule has 94 valence electrons. The molecule has 0 saturated heterocycles. The van der Waals surface area contributed by atoms with Crippen molar-refractivity contribution in [1.29, 1.82) is 0 Å². The quantitative estimate of drug-likeness (QED) is 0.615. The van der Waals surface area contributed by atoms with Gasteiger partial charge in [0.2, 0.25) is 0 Å². The number of alkyl halides is 3. The summed E-state index contributed by atoms with van der Waals surface area (Å²) in [5.74, 6) is -3.56. The van der Waals surface area contributed by atoms with Gasteiger partial charge in [-0.15, -0.1) is 13.2 Å². The minimum atomic E-state index is -5.08. The molecule has 0 fully saturated rings. The van der Waals surface area contributed by atoms with Crippen molar-refractivity contribution in [3.8, 4) is 11.5 Å². The van der Waals surface area contributed by atoms with E-state index in [0.29, 0.717) is 6.07 Å². The lowest BCUT2D eigenvalue weighted by Crippen LogP contribution is -2.18. The summed E-state index contributed by atoms with van der Waals surface area (Å²) in [5.41, 5.74) is 4.88. The monoisotopic (exact) mass is 253 g/mol. The Balaban J connectivity index is 3.29. The zero-order valence-electron chi connectivity index (χ0n) is 8.06. The molecular weight excluding hydrogens is 247 g/mol. The second-order valence-corrected chi connectivity index (χ2v) is 2.79. The van der Waals surface area contributed by atoms with Crippen LogP contribution in [0.1, 0.15) is 5.69 Å². The molecular formula is C7H6F3N3O4. The summed E-state index contributed by atoms with van der Waals surface area (Å²) in [4.78, 5) is 12.5. The highest BCUT2D eigenvalue weighted by Gasteiger charge is 2.35. The van der Waals surface area contributed by atoms with Crippen molar-refractivity contribution < 1.29 is 27.9 Å². The van der Waals surface area contributed by atoms with Crippen molar-refractivity contribution in [3.63, 3.8) is 0 Å². The van der Waals surface area contributed by atoms with Gasteiger partial charge in [-0.2, -0.15) is 0 Å². The summed E-state index contributed by atoms with van der Waals surface area (Å²) in [7, 11) is 0. The highest BCUT2D eigenvalue weighted by molar-refractivity contribution is 5.51. The highest BCUT2D eigenvalue weighted by Crippen LogP contribution is 2.37. The molecule has 1 aromatic rings. The summed E-state index contributed by atoms with van der Waals surface area (Å²) in [6.07, 6.45) is -5.08. The fraction of sp³-hybridized carbons (Fsp3) is 0.286. The molecule has 0 amide bonds.